The van der Waals surface area contributed by atoms with Gasteiger partial charge in [0.1, 0.15) is 0 Å². The second-order valence-electron chi connectivity index (χ2n) is 13.9. The highest BCUT2D eigenvalue weighted by Crippen LogP contribution is 2.43. The van der Waals surface area contributed by atoms with Crippen molar-refractivity contribution in [3.63, 3.8) is 0 Å². The van der Waals surface area contributed by atoms with Gasteiger partial charge in [-0.2, -0.15) is 0 Å². The van der Waals surface area contributed by atoms with Crippen LogP contribution in [-0.2, 0) is 0 Å². The fourth-order valence-electron chi connectivity index (χ4n) is 7.59. The Labute approximate surface area is 324 Å². The molecule has 0 N–H and O–H groups in total. The molecule has 0 spiro atoms. The predicted octanol–water partition coefficient (Wildman–Crippen LogP) is 14.0. The Bertz CT molecular complexity index is 2850. The first kappa shape index (κ1) is 32.9. The molecule has 1 aliphatic carbocycles. The molecule has 3 nitrogen and oxygen atoms in total. The second kappa shape index (κ2) is 14.2. The van der Waals surface area contributed by atoms with Crippen molar-refractivity contribution in [2.45, 2.75) is 12.8 Å². The molecule has 10 rings (SSSR count). The van der Waals surface area contributed by atoms with Crippen molar-refractivity contribution in [2.75, 3.05) is 0 Å². The summed E-state index contributed by atoms with van der Waals surface area (Å²) >= 11 is 1.82. The molecule has 0 radical (unpaired) electrons. The summed E-state index contributed by atoms with van der Waals surface area (Å²) in [5.74, 6) is 2.05. The summed E-state index contributed by atoms with van der Waals surface area (Å²) in [6.45, 7) is 0. The van der Waals surface area contributed by atoms with Crippen molar-refractivity contribution in [1.82, 2.24) is 15.0 Å². The first-order chi connectivity index (χ1) is 27.2. The van der Waals surface area contributed by atoms with Gasteiger partial charge >= 0.3 is 0 Å². The number of rotatable bonds is 7. The molecule has 1 aliphatic rings. The van der Waals surface area contributed by atoms with E-state index in [9.17, 15) is 0 Å². The van der Waals surface area contributed by atoms with Crippen molar-refractivity contribution in [1.29, 1.82) is 0 Å². The van der Waals surface area contributed by atoms with Gasteiger partial charge in [-0.3, -0.25) is 0 Å². The smallest absolute Gasteiger partial charge is 0.164 e. The maximum atomic E-state index is 5.23. The van der Waals surface area contributed by atoms with Crippen LogP contribution in [-0.4, -0.2) is 15.0 Å². The van der Waals surface area contributed by atoms with Crippen molar-refractivity contribution in [3.05, 3.63) is 194 Å². The lowest BCUT2D eigenvalue weighted by molar-refractivity contribution is 1.01. The van der Waals surface area contributed by atoms with Crippen LogP contribution in [0, 0.1) is 0 Å². The van der Waals surface area contributed by atoms with E-state index in [1.807, 2.05) is 29.5 Å². The zero-order valence-electron chi connectivity index (χ0n) is 30.1. The molecule has 0 aliphatic heterocycles. The van der Waals surface area contributed by atoms with E-state index in [2.05, 4.69) is 170 Å². The zero-order valence-corrected chi connectivity index (χ0v) is 30.9. The monoisotopic (exact) mass is 721 g/mol. The number of hydrogen-bond donors (Lipinski definition) is 0. The van der Waals surface area contributed by atoms with Gasteiger partial charge in [0.2, 0.25) is 0 Å². The summed E-state index contributed by atoms with van der Waals surface area (Å²) < 4.78 is 2.45. The van der Waals surface area contributed by atoms with Gasteiger partial charge < -0.3 is 0 Å². The first-order valence-corrected chi connectivity index (χ1v) is 19.6. The molecule has 0 atom stereocenters. The van der Waals surface area contributed by atoms with Gasteiger partial charge in [0.05, 0.1) is 0 Å². The van der Waals surface area contributed by atoms with E-state index in [0.29, 0.717) is 17.5 Å². The number of fused-ring (bicyclic) bond motifs is 3. The Morgan fingerprint density at radius 1 is 0.382 bits per heavy atom. The Balaban J connectivity index is 1.17. The van der Waals surface area contributed by atoms with Gasteiger partial charge in [0, 0.05) is 36.9 Å². The van der Waals surface area contributed by atoms with Gasteiger partial charge in [0.25, 0.3) is 0 Å². The van der Waals surface area contributed by atoms with Crippen LogP contribution < -0.4 is 0 Å². The molecule has 0 bridgehead atoms. The molecule has 4 heteroatoms. The number of allylic oxidation sites excluding steroid dienone is 4. The van der Waals surface area contributed by atoms with Gasteiger partial charge in [-0.1, -0.05) is 146 Å². The molecule has 0 saturated carbocycles. The highest BCUT2D eigenvalue weighted by atomic mass is 32.1. The number of thiophene rings is 1. The number of benzene rings is 7. The average Bonchev–Trinajstić information content (AvgIpc) is 3.66. The molecule has 0 unspecified atom stereocenters. The zero-order chi connectivity index (χ0) is 36.6. The third kappa shape index (κ3) is 6.47. The highest BCUT2D eigenvalue weighted by molar-refractivity contribution is 7.26. The number of aromatic nitrogens is 3. The molecule has 0 saturated heterocycles. The highest BCUT2D eigenvalue weighted by Gasteiger charge is 2.20. The van der Waals surface area contributed by atoms with Crippen LogP contribution in [0.5, 0.6) is 0 Å². The number of nitrogens with zero attached hydrogens (tertiary/aromatic N) is 3. The Morgan fingerprint density at radius 3 is 1.56 bits per heavy atom. The van der Waals surface area contributed by atoms with Gasteiger partial charge in [-0.15, -0.1) is 11.3 Å². The molecule has 55 heavy (non-hydrogen) atoms. The molecule has 0 fully saturated rings. The predicted molar refractivity (Wildman–Crippen MR) is 232 cm³/mol. The fraction of sp³-hybridized carbons (Fsp3) is 0.0392. The molecular formula is C51H35N3S. The van der Waals surface area contributed by atoms with Crippen molar-refractivity contribution >= 4 is 37.1 Å². The lowest BCUT2D eigenvalue weighted by Crippen LogP contribution is -2.03. The maximum absolute atomic E-state index is 5.23. The molecule has 2 aromatic heterocycles. The van der Waals surface area contributed by atoms with Crippen LogP contribution >= 0.6 is 11.3 Å². The van der Waals surface area contributed by atoms with Gasteiger partial charge in [-0.25, -0.2) is 15.0 Å². The third-order valence-electron chi connectivity index (χ3n) is 10.3. The molecule has 0 amide bonds. The van der Waals surface area contributed by atoms with Gasteiger partial charge in [-0.05, 0) is 99.8 Å². The third-order valence-corrected chi connectivity index (χ3v) is 11.4. The summed E-state index contributed by atoms with van der Waals surface area (Å²) in [4.78, 5) is 15.5. The molecular weight excluding hydrogens is 687 g/mol. The minimum absolute atomic E-state index is 0.674. The van der Waals surface area contributed by atoms with Crippen molar-refractivity contribution in [3.8, 4) is 67.3 Å². The minimum atomic E-state index is 0.674. The SMILES string of the molecule is C1=CC(c2nc(-c3ccccc3)nc(-c3cc(-c4cccc(-c5cc(-c6ccccc6)cc(-c6ccccc6)c5)c4)cc4sc5ccccc5c34)n2)=CCC1. The molecule has 260 valence electrons. The molecule has 7 aromatic carbocycles. The van der Waals surface area contributed by atoms with Crippen LogP contribution in [0.1, 0.15) is 18.7 Å². The fourth-order valence-corrected chi connectivity index (χ4v) is 8.76. The lowest BCUT2D eigenvalue weighted by atomic mass is 9.91. The van der Waals surface area contributed by atoms with E-state index in [1.54, 1.807) is 0 Å². The van der Waals surface area contributed by atoms with Crippen LogP contribution in [0.25, 0.3) is 93.0 Å². The Hall–Kier alpha value is -6.75. The van der Waals surface area contributed by atoms with E-state index in [1.165, 1.54) is 48.0 Å². The largest absolute Gasteiger partial charge is 0.208 e. The van der Waals surface area contributed by atoms with Crippen molar-refractivity contribution < 1.29 is 0 Å². The average molecular weight is 722 g/mol. The van der Waals surface area contributed by atoms with E-state index in [4.69, 9.17) is 15.0 Å². The first-order valence-electron chi connectivity index (χ1n) is 18.7. The van der Waals surface area contributed by atoms with Crippen molar-refractivity contribution in [2.24, 2.45) is 0 Å². The van der Waals surface area contributed by atoms with Crippen LogP contribution in [0.4, 0.5) is 0 Å². The molecule has 9 aromatic rings. The number of hydrogen-bond acceptors (Lipinski definition) is 4. The summed E-state index contributed by atoms with van der Waals surface area (Å²) in [5.41, 5.74) is 12.4. The quantitative estimate of drug-likeness (QED) is 0.164. The summed E-state index contributed by atoms with van der Waals surface area (Å²) in [7, 11) is 0. The molecule has 2 heterocycles. The van der Waals surface area contributed by atoms with E-state index < -0.39 is 0 Å². The minimum Gasteiger partial charge on any atom is -0.208 e. The van der Waals surface area contributed by atoms with E-state index >= 15 is 0 Å². The summed E-state index contributed by atoms with van der Waals surface area (Å²) in [6, 6.07) is 60.7. The summed E-state index contributed by atoms with van der Waals surface area (Å²) in [6.07, 6.45) is 8.59. The Kier molecular flexibility index (Phi) is 8.51. The maximum Gasteiger partial charge on any atom is 0.164 e. The summed E-state index contributed by atoms with van der Waals surface area (Å²) in [5, 5.41) is 2.39. The second-order valence-corrected chi connectivity index (χ2v) is 15.0. The Morgan fingerprint density at radius 2 is 0.909 bits per heavy atom. The van der Waals surface area contributed by atoms with Crippen LogP contribution in [0.3, 0.4) is 0 Å². The van der Waals surface area contributed by atoms with Gasteiger partial charge in [0.15, 0.2) is 17.5 Å². The lowest BCUT2D eigenvalue weighted by Gasteiger charge is -2.14. The normalized spacial score (nSPS) is 12.6. The van der Waals surface area contributed by atoms with Crippen LogP contribution in [0.15, 0.2) is 188 Å². The standard InChI is InChI=1S/C51H35N3S/c1-5-16-34(17-6-1)40-29-41(35-18-7-2-8-19-35)31-42(30-40)38-24-15-25-39(28-38)43-32-45(48-44-26-13-14-27-46(44)55-47(48)33-43)51-53-49(36-20-9-3-10-21-36)52-50(54-51)37-22-11-4-12-23-37/h1-3,5-11,13-33H,4,12H2. The topological polar surface area (TPSA) is 38.7 Å². The van der Waals surface area contributed by atoms with E-state index in [-0.39, 0.29) is 0 Å². The van der Waals surface area contributed by atoms with Crippen LogP contribution in [0.2, 0.25) is 0 Å². The van der Waals surface area contributed by atoms with E-state index in [0.717, 1.165) is 46.2 Å².